The van der Waals surface area contributed by atoms with Crippen LogP contribution in [-0.2, 0) is 22.6 Å². The number of hydrogen-bond acceptors (Lipinski definition) is 4. The van der Waals surface area contributed by atoms with Crippen molar-refractivity contribution in [2.75, 3.05) is 26.4 Å². The van der Waals surface area contributed by atoms with Crippen LogP contribution in [0.1, 0.15) is 30.7 Å². The average molecular weight is 307 g/mol. The summed E-state index contributed by atoms with van der Waals surface area (Å²) in [6.45, 7) is 8.97. The second-order valence-electron chi connectivity index (χ2n) is 4.95. The Morgan fingerprint density at radius 1 is 1.05 bits per heavy atom. The molecule has 0 aliphatic heterocycles. The van der Waals surface area contributed by atoms with Gasteiger partial charge in [-0.15, -0.1) is 11.3 Å². The first kappa shape index (κ1) is 16.4. The highest BCUT2D eigenvalue weighted by Gasteiger charge is 2.11. The van der Waals surface area contributed by atoms with Crippen LogP contribution < -0.4 is 5.32 Å². The quantitative estimate of drug-likeness (QED) is 0.674. The maximum atomic E-state index is 5.81. The number of nitrogens with one attached hydrogen (secondary N) is 1. The summed E-state index contributed by atoms with van der Waals surface area (Å²) in [5.41, 5.74) is 1.33. The lowest BCUT2D eigenvalue weighted by molar-refractivity contribution is 0.0411. The lowest BCUT2D eigenvalue weighted by atomic mass is 10.1. The maximum Gasteiger partial charge on any atom is 0.0735 e. The Morgan fingerprint density at radius 3 is 2.67 bits per heavy atom. The summed E-state index contributed by atoms with van der Waals surface area (Å²) in [5.74, 6) is 0. The molecule has 0 atom stereocenters. The van der Waals surface area contributed by atoms with Gasteiger partial charge < -0.3 is 14.8 Å². The van der Waals surface area contributed by atoms with E-state index >= 15 is 0 Å². The van der Waals surface area contributed by atoms with Gasteiger partial charge in [-0.3, -0.25) is 0 Å². The topological polar surface area (TPSA) is 30.5 Å². The Labute approximate surface area is 131 Å². The second kappa shape index (κ2) is 9.15. The van der Waals surface area contributed by atoms with Crippen LogP contribution >= 0.6 is 11.3 Å². The summed E-state index contributed by atoms with van der Waals surface area (Å²) in [5, 5.41) is 4.74. The molecule has 0 spiro atoms. The van der Waals surface area contributed by atoms with E-state index in [-0.39, 0.29) is 0 Å². The molecule has 0 unspecified atom stereocenters. The minimum atomic E-state index is 0.658. The van der Waals surface area contributed by atoms with E-state index in [0.29, 0.717) is 19.8 Å². The minimum Gasteiger partial charge on any atom is -0.379 e. The van der Waals surface area contributed by atoms with Gasteiger partial charge in [-0.05, 0) is 24.4 Å². The lowest BCUT2D eigenvalue weighted by Crippen LogP contribution is -2.12. The van der Waals surface area contributed by atoms with Crippen LogP contribution in [0.5, 0.6) is 0 Å². The minimum absolute atomic E-state index is 0.658. The number of hydrogen-bond donors (Lipinski definition) is 1. The first-order valence-electron chi connectivity index (χ1n) is 7.72. The molecule has 1 heterocycles. The van der Waals surface area contributed by atoms with Crippen molar-refractivity contribution in [3.8, 4) is 0 Å². The van der Waals surface area contributed by atoms with Crippen molar-refractivity contribution in [1.82, 2.24) is 5.32 Å². The Balaban J connectivity index is 1.98. The molecular weight excluding hydrogens is 282 g/mol. The molecule has 3 nitrogen and oxygen atoms in total. The van der Waals surface area contributed by atoms with Gasteiger partial charge in [-0.1, -0.05) is 32.0 Å². The van der Waals surface area contributed by atoms with Gasteiger partial charge in [-0.2, -0.15) is 0 Å². The summed E-state index contributed by atoms with van der Waals surface area (Å²) in [4.78, 5) is 1.38. The molecule has 0 saturated heterocycles. The molecule has 0 saturated carbocycles. The fourth-order valence-electron chi connectivity index (χ4n) is 2.23. The highest BCUT2D eigenvalue weighted by atomic mass is 32.1. The van der Waals surface area contributed by atoms with Gasteiger partial charge in [0.2, 0.25) is 0 Å². The van der Waals surface area contributed by atoms with Crippen molar-refractivity contribution in [3.05, 3.63) is 34.7 Å². The van der Waals surface area contributed by atoms with Crippen LogP contribution in [0.15, 0.2) is 24.3 Å². The normalized spacial score (nSPS) is 11.3. The van der Waals surface area contributed by atoms with Crippen LogP contribution in [-0.4, -0.2) is 26.4 Å². The largest absolute Gasteiger partial charge is 0.379 e. The number of ether oxygens (including phenoxy) is 2. The molecule has 0 fully saturated rings. The van der Waals surface area contributed by atoms with E-state index in [2.05, 4.69) is 43.4 Å². The molecule has 2 aromatic rings. The van der Waals surface area contributed by atoms with Gasteiger partial charge in [0.15, 0.2) is 0 Å². The first-order valence-corrected chi connectivity index (χ1v) is 8.54. The van der Waals surface area contributed by atoms with E-state index in [0.717, 1.165) is 26.1 Å². The summed E-state index contributed by atoms with van der Waals surface area (Å²) in [6, 6.07) is 8.57. The third-order valence-corrected chi connectivity index (χ3v) is 4.50. The molecule has 1 aromatic heterocycles. The summed E-state index contributed by atoms with van der Waals surface area (Å²) in [7, 11) is 0. The second-order valence-corrected chi connectivity index (χ2v) is 6.08. The lowest BCUT2D eigenvalue weighted by Gasteiger charge is -2.07. The summed E-state index contributed by atoms with van der Waals surface area (Å²) >= 11 is 1.86. The molecule has 0 aliphatic carbocycles. The molecule has 0 aliphatic rings. The van der Waals surface area contributed by atoms with E-state index in [1.807, 2.05) is 11.3 Å². The molecule has 1 N–H and O–H groups in total. The zero-order chi connectivity index (χ0) is 14.9. The zero-order valence-corrected chi connectivity index (χ0v) is 13.8. The Bertz CT molecular complexity index is 539. The molecule has 2 rings (SSSR count). The van der Waals surface area contributed by atoms with Crippen molar-refractivity contribution < 1.29 is 9.47 Å². The van der Waals surface area contributed by atoms with E-state index in [1.54, 1.807) is 0 Å². The molecule has 21 heavy (non-hydrogen) atoms. The van der Waals surface area contributed by atoms with Crippen molar-refractivity contribution in [3.63, 3.8) is 0 Å². The Morgan fingerprint density at radius 2 is 1.86 bits per heavy atom. The zero-order valence-electron chi connectivity index (χ0n) is 13.0. The highest BCUT2D eigenvalue weighted by Crippen LogP contribution is 2.31. The Kier molecular flexibility index (Phi) is 7.16. The number of fused-ring (bicyclic) bond motifs is 1. The van der Waals surface area contributed by atoms with Crippen molar-refractivity contribution in [2.24, 2.45) is 0 Å². The fraction of sp³-hybridized carbons (Fsp3) is 0.529. The maximum absolute atomic E-state index is 5.81. The summed E-state index contributed by atoms with van der Waals surface area (Å²) in [6.07, 6.45) is 1.06. The van der Waals surface area contributed by atoms with Gasteiger partial charge in [0.25, 0.3) is 0 Å². The SMILES string of the molecule is CCCOCCOCc1c(CNCC)sc2ccccc12. The molecule has 0 radical (unpaired) electrons. The Hall–Kier alpha value is -0.940. The molecule has 0 amide bonds. The number of rotatable bonds is 10. The standard InChI is InChI=1S/C17H25NO2S/c1-3-9-19-10-11-20-13-15-14-7-5-6-8-16(14)21-17(15)12-18-4-2/h5-8,18H,3-4,9-13H2,1-2H3. The van der Waals surface area contributed by atoms with Crippen LogP contribution in [0, 0.1) is 0 Å². The van der Waals surface area contributed by atoms with Crippen molar-refractivity contribution in [2.45, 2.75) is 33.4 Å². The van der Waals surface area contributed by atoms with Gasteiger partial charge in [0.05, 0.1) is 19.8 Å². The van der Waals surface area contributed by atoms with Gasteiger partial charge in [0, 0.05) is 28.3 Å². The third-order valence-electron chi connectivity index (χ3n) is 3.28. The predicted molar refractivity (Wildman–Crippen MR) is 90.0 cm³/mol. The van der Waals surface area contributed by atoms with E-state index in [9.17, 15) is 0 Å². The van der Waals surface area contributed by atoms with Gasteiger partial charge in [0.1, 0.15) is 0 Å². The monoisotopic (exact) mass is 307 g/mol. The van der Waals surface area contributed by atoms with Crippen LogP contribution in [0.3, 0.4) is 0 Å². The van der Waals surface area contributed by atoms with Gasteiger partial charge in [-0.25, -0.2) is 0 Å². The van der Waals surface area contributed by atoms with Crippen LogP contribution in [0.2, 0.25) is 0 Å². The molecule has 0 bridgehead atoms. The molecular formula is C17H25NO2S. The fourth-order valence-corrected chi connectivity index (χ4v) is 3.41. The average Bonchev–Trinajstić information content (AvgIpc) is 2.86. The summed E-state index contributed by atoms with van der Waals surface area (Å²) < 4.78 is 12.6. The third kappa shape index (κ3) is 4.78. The number of benzene rings is 1. The van der Waals surface area contributed by atoms with Gasteiger partial charge >= 0.3 is 0 Å². The van der Waals surface area contributed by atoms with Crippen LogP contribution in [0.25, 0.3) is 10.1 Å². The highest BCUT2D eigenvalue weighted by molar-refractivity contribution is 7.19. The van der Waals surface area contributed by atoms with E-state index in [1.165, 1.54) is 20.5 Å². The van der Waals surface area contributed by atoms with E-state index in [4.69, 9.17) is 9.47 Å². The number of thiophene rings is 1. The molecule has 1 aromatic carbocycles. The van der Waals surface area contributed by atoms with Crippen LogP contribution in [0.4, 0.5) is 0 Å². The smallest absolute Gasteiger partial charge is 0.0735 e. The van der Waals surface area contributed by atoms with E-state index < -0.39 is 0 Å². The first-order chi connectivity index (χ1) is 10.4. The van der Waals surface area contributed by atoms with Crippen molar-refractivity contribution in [1.29, 1.82) is 0 Å². The predicted octanol–water partition coefficient (Wildman–Crippen LogP) is 3.95. The van der Waals surface area contributed by atoms with Crippen molar-refractivity contribution >= 4 is 21.4 Å². The molecule has 4 heteroatoms. The molecule has 116 valence electrons.